The minimum atomic E-state index is 0.820. The fourth-order valence-corrected chi connectivity index (χ4v) is 1.99. The van der Waals surface area contributed by atoms with Gasteiger partial charge in [-0.05, 0) is 49.1 Å². The molecular weight excluding hydrogens is 212 g/mol. The van der Waals surface area contributed by atoms with Crippen molar-refractivity contribution in [1.29, 1.82) is 0 Å². The summed E-state index contributed by atoms with van der Waals surface area (Å²) in [5.74, 6) is 1.89. The molecule has 1 saturated carbocycles. The molecule has 3 nitrogen and oxygen atoms in total. The van der Waals surface area contributed by atoms with Gasteiger partial charge in [-0.1, -0.05) is 0 Å². The van der Waals surface area contributed by atoms with Crippen LogP contribution in [0.1, 0.15) is 25.3 Å². The molecule has 1 aromatic rings. The highest BCUT2D eigenvalue weighted by Crippen LogP contribution is 2.41. The quantitative estimate of drug-likeness (QED) is 0.590. The highest BCUT2D eigenvalue weighted by Gasteiger charge is 2.22. The van der Waals surface area contributed by atoms with Crippen molar-refractivity contribution in [3.8, 4) is 5.75 Å². The second-order valence-corrected chi connectivity index (χ2v) is 4.36. The van der Waals surface area contributed by atoms with Crippen molar-refractivity contribution in [2.45, 2.75) is 19.8 Å². The number of ether oxygens (including phenoxy) is 1. The standard InChI is InChI=1S/C14H14N2O/c1-9-6-13(10-2-3-10)17-14-7-11(16-8-15)4-5-12(9)14/h4-8H,2-3H2,1H3,(H2,15,16). The summed E-state index contributed by atoms with van der Waals surface area (Å²) in [6, 6.07) is 5.90. The number of hydrogen-bond acceptors (Lipinski definition) is 2. The van der Waals surface area contributed by atoms with Gasteiger partial charge in [-0.15, -0.1) is 0 Å². The van der Waals surface area contributed by atoms with Gasteiger partial charge in [0.05, 0.1) is 12.0 Å². The fourth-order valence-electron chi connectivity index (χ4n) is 1.99. The summed E-state index contributed by atoms with van der Waals surface area (Å²) in [5.41, 5.74) is 9.89. The van der Waals surface area contributed by atoms with Crippen molar-refractivity contribution in [2.75, 3.05) is 0 Å². The number of benzene rings is 1. The summed E-state index contributed by atoms with van der Waals surface area (Å²) in [7, 11) is 0. The van der Waals surface area contributed by atoms with Gasteiger partial charge in [-0.2, -0.15) is 0 Å². The number of nitrogens with zero attached hydrogens (tertiary/aromatic N) is 1. The topological polar surface area (TPSA) is 47.6 Å². The molecule has 3 heteroatoms. The molecule has 1 fully saturated rings. The molecule has 3 rings (SSSR count). The summed E-state index contributed by atoms with van der Waals surface area (Å²) < 4.78 is 5.90. The van der Waals surface area contributed by atoms with Crippen LogP contribution in [0.4, 0.5) is 5.69 Å². The van der Waals surface area contributed by atoms with Crippen LogP contribution in [-0.2, 0) is 0 Å². The van der Waals surface area contributed by atoms with Gasteiger partial charge in [0.25, 0.3) is 0 Å². The highest BCUT2D eigenvalue weighted by atomic mass is 16.5. The molecule has 0 aromatic heterocycles. The average molecular weight is 226 g/mol. The zero-order valence-corrected chi connectivity index (χ0v) is 9.73. The second kappa shape index (κ2) is 3.77. The Kier molecular flexibility index (Phi) is 2.25. The van der Waals surface area contributed by atoms with Crippen molar-refractivity contribution < 1.29 is 4.74 Å². The van der Waals surface area contributed by atoms with E-state index >= 15 is 0 Å². The molecule has 0 amide bonds. The first-order valence-corrected chi connectivity index (χ1v) is 5.75. The molecule has 0 bridgehead atoms. The van der Waals surface area contributed by atoms with Crippen LogP contribution < -0.4 is 10.5 Å². The SMILES string of the molecule is CC1=CC(=C2CC2)Oc2cc(N=CN)ccc21. The third-order valence-electron chi connectivity index (χ3n) is 3.03. The Balaban J connectivity index is 2.07. The van der Waals surface area contributed by atoms with E-state index in [1.165, 1.54) is 17.5 Å². The predicted octanol–water partition coefficient (Wildman–Crippen LogP) is 3.15. The van der Waals surface area contributed by atoms with E-state index in [9.17, 15) is 0 Å². The van der Waals surface area contributed by atoms with Crippen LogP contribution in [0, 0.1) is 0 Å². The molecule has 0 radical (unpaired) electrons. The molecular formula is C14H14N2O. The third kappa shape index (κ3) is 1.84. The minimum Gasteiger partial charge on any atom is -0.457 e. The molecule has 86 valence electrons. The monoisotopic (exact) mass is 226 g/mol. The molecule has 17 heavy (non-hydrogen) atoms. The maximum atomic E-state index is 5.90. The fraction of sp³-hybridized carbons (Fsp3) is 0.214. The average Bonchev–Trinajstić information content (AvgIpc) is 3.12. The van der Waals surface area contributed by atoms with Gasteiger partial charge >= 0.3 is 0 Å². The summed E-state index contributed by atoms with van der Waals surface area (Å²) in [5, 5.41) is 0. The highest BCUT2D eigenvalue weighted by molar-refractivity contribution is 5.76. The van der Waals surface area contributed by atoms with E-state index < -0.39 is 0 Å². The number of fused-ring (bicyclic) bond motifs is 1. The van der Waals surface area contributed by atoms with Crippen LogP contribution in [0.3, 0.4) is 0 Å². The Bertz CT molecular complexity index is 562. The van der Waals surface area contributed by atoms with E-state index in [2.05, 4.69) is 18.0 Å². The molecule has 1 aliphatic carbocycles. The largest absolute Gasteiger partial charge is 0.457 e. The number of rotatable bonds is 1. The van der Waals surface area contributed by atoms with Crippen molar-refractivity contribution in [1.82, 2.24) is 0 Å². The van der Waals surface area contributed by atoms with Crippen molar-refractivity contribution >= 4 is 17.6 Å². The van der Waals surface area contributed by atoms with Crippen LogP contribution in [0.15, 0.2) is 40.6 Å². The third-order valence-corrected chi connectivity index (χ3v) is 3.03. The van der Waals surface area contributed by atoms with Gasteiger partial charge in [0.15, 0.2) is 0 Å². The molecule has 0 spiro atoms. The number of nitrogens with two attached hydrogens (primary N) is 1. The van der Waals surface area contributed by atoms with Gasteiger partial charge in [0.1, 0.15) is 11.5 Å². The molecule has 1 aromatic carbocycles. The van der Waals surface area contributed by atoms with Crippen LogP contribution in [0.5, 0.6) is 5.75 Å². The number of hydrogen-bond donors (Lipinski definition) is 1. The summed E-state index contributed by atoms with van der Waals surface area (Å²) in [6.07, 6.45) is 5.74. The van der Waals surface area contributed by atoms with E-state index in [0.29, 0.717) is 0 Å². The Morgan fingerprint density at radius 3 is 2.88 bits per heavy atom. The Morgan fingerprint density at radius 2 is 2.18 bits per heavy atom. The van der Waals surface area contributed by atoms with E-state index in [0.717, 1.165) is 35.6 Å². The molecule has 0 unspecified atom stereocenters. The van der Waals surface area contributed by atoms with Crippen LogP contribution >= 0.6 is 0 Å². The van der Waals surface area contributed by atoms with Gasteiger partial charge in [0.2, 0.25) is 0 Å². The molecule has 1 aliphatic heterocycles. The smallest absolute Gasteiger partial charge is 0.137 e. The Hall–Kier alpha value is -2.03. The Morgan fingerprint density at radius 1 is 1.35 bits per heavy atom. The lowest BCUT2D eigenvalue weighted by Crippen LogP contribution is -2.02. The summed E-state index contributed by atoms with van der Waals surface area (Å²) in [4.78, 5) is 4.06. The van der Waals surface area contributed by atoms with Crippen molar-refractivity contribution in [3.63, 3.8) is 0 Å². The van der Waals surface area contributed by atoms with Crippen LogP contribution in [0.25, 0.3) is 5.57 Å². The molecule has 2 aliphatic rings. The molecule has 0 atom stereocenters. The van der Waals surface area contributed by atoms with Crippen molar-refractivity contribution in [2.24, 2.45) is 10.7 Å². The molecule has 1 heterocycles. The second-order valence-electron chi connectivity index (χ2n) is 4.36. The van der Waals surface area contributed by atoms with E-state index in [1.807, 2.05) is 18.2 Å². The van der Waals surface area contributed by atoms with Gasteiger partial charge in [-0.25, -0.2) is 4.99 Å². The van der Waals surface area contributed by atoms with Crippen LogP contribution in [-0.4, -0.2) is 6.34 Å². The first-order chi connectivity index (χ1) is 8.28. The zero-order valence-electron chi connectivity index (χ0n) is 9.73. The first-order valence-electron chi connectivity index (χ1n) is 5.75. The predicted molar refractivity (Wildman–Crippen MR) is 69.3 cm³/mol. The lowest BCUT2D eigenvalue weighted by atomic mass is 10.0. The van der Waals surface area contributed by atoms with E-state index in [1.54, 1.807) is 0 Å². The molecule has 2 N–H and O–H groups in total. The number of allylic oxidation sites excluding steroid dienone is 3. The first kappa shape index (κ1) is 10.1. The van der Waals surface area contributed by atoms with E-state index in [-0.39, 0.29) is 0 Å². The van der Waals surface area contributed by atoms with E-state index in [4.69, 9.17) is 10.5 Å². The lowest BCUT2D eigenvalue weighted by Gasteiger charge is -2.18. The maximum Gasteiger partial charge on any atom is 0.137 e. The Labute approximate surface area is 100 Å². The minimum absolute atomic E-state index is 0.820. The van der Waals surface area contributed by atoms with Crippen molar-refractivity contribution in [3.05, 3.63) is 41.2 Å². The molecule has 0 saturated heterocycles. The lowest BCUT2D eigenvalue weighted by molar-refractivity contribution is 0.436. The van der Waals surface area contributed by atoms with Crippen LogP contribution in [0.2, 0.25) is 0 Å². The number of aliphatic imine (C=N–C) groups is 1. The normalized spacial score (nSPS) is 17.8. The van der Waals surface area contributed by atoms with Gasteiger partial charge in [-0.3, -0.25) is 0 Å². The zero-order chi connectivity index (χ0) is 11.8. The van der Waals surface area contributed by atoms with Gasteiger partial charge in [0, 0.05) is 11.6 Å². The maximum absolute atomic E-state index is 5.90. The summed E-state index contributed by atoms with van der Waals surface area (Å²) >= 11 is 0. The van der Waals surface area contributed by atoms with Gasteiger partial charge < -0.3 is 10.5 Å². The summed E-state index contributed by atoms with van der Waals surface area (Å²) in [6.45, 7) is 2.11.